The average Bonchev–Trinajstić information content (AvgIpc) is 3.58. The van der Waals surface area contributed by atoms with Crippen molar-refractivity contribution < 1.29 is 31.2 Å². The van der Waals surface area contributed by atoms with Crippen molar-refractivity contribution in [3.05, 3.63) is 121 Å². The Morgan fingerprint density at radius 3 is 2.07 bits per heavy atom. The summed E-state index contributed by atoms with van der Waals surface area (Å²) in [6.45, 7) is 2.18. The largest absolute Gasteiger partial charge is 0.772 e. The fraction of sp³-hybridized carbons (Fsp3) is 0.200. The average molecular weight is 658 g/mol. The monoisotopic (exact) mass is 657 g/mol. The first-order valence-corrected chi connectivity index (χ1v) is 17.7. The van der Waals surface area contributed by atoms with Crippen molar-refractivity contribution in [1.29, 1.82) is 0 Å². The Hall–Kier alpha value is -4.42. The Bertz CT molecular complexity index is 1910. The molecular formula is C35H33N2O7S2-. The van der Waals surface area contributed by atoms with Crippen LogP contribution in [0.2, 0.25) is 0 Å². The minimum Gasteiger partial charge on any atom is -0.772 e. The van der Waals surface area contributed by atoms with Crippen LogP contribution in [0.5, 0.6) is 11.5 Å². The molecule has 0 aromatic heterocycles. The standard InChI is InChI=1S/C35H34N2O7S2/c1-2-25(21-34-36(17-19-45(38)39)30-23-28(13-15-32(30)43-34)26-9-5-3-6-10-26)22-35-37(18-20-46(40,41)42)31-24-29(14-16-33(31)44-35)27-11-7-4-8-12-27/h3-16,21-24,35H,2,17-20H2,1H3,(H,38,39)(H,40,41,42)/p-1. The van der Waals surface area contributed by atoms with Crippen LogP contribution in [0.25, 0.3) is 22.3 Å². The summed E-state index contributed by atoms with van der Waals surface area (Å²) in [6, 6.07) is 31.4. The van der Waals surface area contributed by atoms with E-state index in [0.717, 1.165) is 33.5 Å². The van der Waals surface area contributed by atoms with Gasteiger partial charge in [-0.25, -0.2) is 0 Å². The van der Waals surface area contributed by atoms with Crippen LogP contribution in [0.3, 0.4) is 0 Å². The number of anilines is 2. The van der Waals surface area contributed by atoms with Gasteiger partial charge in [0.2, 0.25) is 5.88 Å². The lowest BCUT2D eigenvalue weighted by atomic mass is 10.0. The molecule has 9 nitrogen and oxygen atoms in total. The third kappa shape index (κ3) is 7.18. The summed E-state index contributed by atoms with van der Waals surface area (Å²) in [7, 11) is -4.23. The van der Waals surface area contributed by atoms with Gasteiger partial charge >= 0.3 is 0 Å². The molecule has 0 saturated carbocycles. The summed E-state index contributed by atoms with van der Waals surface area (Å²) in [5.41, 5.74) is 6.27. The maximum absolute atomic E-state index is 11.8. The number of fused-ring (bicyclic) bond motifs is 2. The first kappa shape index (κ1) is 31.6. The fourth-order valence-electron chi connectivity index (χ4n) is 5.59. The summed E-state index contributed by atoms with van der Waals surface area (Å²) < 4.78 is 68.8. The maximum atomic E-state index is 11.8. The number of benzene rings is 4. The molecule has 0 bridgehead atoms. The van der Waals surface area contributed by atoms with E-state index in [1.54, 1.807) is 0 Å². The van der Waals surface area contributed by atoms with E-state index in [0.29, 0.717) is 29.5 Å². The highest BCUT2D eigenvalue weighted by molar-refractivity contribution is 7.85. The third-order valence-electron chi connectivity index (χ3n) is 7.91. The van der Waals surface area contributed by atoms with Crippen LogP contribution in [0.1, 0.15) is 13.3 Å². The lowest BCUT2D eigenvalue weighted by Gasteiger charge is -2.24. The summed E-state index contributed by atoms with van der Waals surface area (Å²) in [4.78, 5) is 3.67. The van der Waals surface area contributed by atoms with Gasteiger partial charge in [-0.3, -0.25) is 8.76 Å². The van der Waals surface area contributed by atoms with Gasteiger partial charge in [0.05, 0.1) is 17.1 Å². The Kier molecular flexibility index (Phi) is 9.27. The van der Waals surface area contributed by atoms with Crippen LogP contribution in [-0.4, -0.2) is 52.6 Å². The summed E-state index contributed by atoms with van der Waals surface area (Å²) in [5.74, 6) is 1.13. The molecule has 6 rings (SSSR count). The molecular weight excluding hydrogens is 625 g/mol. The van der Waals surface area contributed by atoms with E-state index in [1.165, 1.54) is 0 Å². The van der Waals surface area contributed by atoms with E-state index in [9.17, 15) is 21.7 Å². The predicted octanol–water partition coefficient (Wildman–Crippen LogP) is 6.39. The quantitative estimate of drug-likeness (QED) is 0.145. The third-order valence-corrected chi connectivity index (χ3v) is 9.13. The molecule has 46 heavy (non-hydrogen) atoms. The van der Waals surface area contributed by atoms with Crippen LogP contribution in [0, 0.1) is 0 Å². The molecule has 0 amide bonds. The molecule has 238 valence electrons. The van der Waals surface area contributed by atoms with Crippen LogP contribution in [-0.2, 0) is 21.2 Å². The minimum atomic E-state index is -4.23. The van der Waals surface area contributed by atoms with Crippen molar-refractivity contribution in [2.45, 2.75) is 19.6 Å². The van der Waals surface area contributed by atoms with Crippen LogP contribution >= 0.6 is 0 Å². The number of nitrogens with zero attached hydrogens (tertiary/aromatic N) is 2. The van der Waals surface area contributed by atoms with Crippen molar-refractivity contribution in [3.63, 3.8) is 0 Å². The van der Waals surface area contributed by atoms with Gasteiger partial charge in [-0.05, 0) is 64.6 Å². The predicted molar refractivity (Wildman–Crippen MR) is 180 cm³/mol. The Labute approximate surface area is 271 Å². The van der Waals surface area contributed by atoms with Crippen LogP contribution < -0.4 is 19.3 Å². The highest BCUT2D eigenvalue weighted by Gasteiger charge is 2.32. The number of ether oxygens (including phenoxy) is 2. The zero-order valence-electron chi connectivity index (χ0n) is 25.1. The van der Waals surface area contributed by atoms with E-state index in [-0.39, 0.29) is 18.8 Å². The molecule has 2 unspecified atom stereocenters. The van der Waals surface area contributed by atoms with Gasteiger partial charge < -0.3 is 23.8 Å². The number of hydrogen-bond acceptors (Lipinski definition) is 8. The van der Waals surface area contributed by atoms with Crippen LogP contribution in [0.15, 0.2) is 121 Å². The zero-order valence-corrected chi connectivity index (χ0v) is 26.7. The Morgan fingerprint density at radius 1 is 0.870 bits per heavy atom. The highest BCUT2D eigenvalue weighted by atomic mass is 32.2. The maximum Gasteiger partial charge on any atom is 0.266 e. The van der Waals surface area contributed by atoms with E-state index >= 15 is 0 Å². The van der Waals surface area contributed by atoms with E-state index in [1.807, 2.05) is 126 Å². The second kappa shape index (κ2) is 13.5. The molecule has 4 aromatic carbocycles. The second-order valence-corrected chi connectivity index (χ2v) is 13.5. The van der Waals surface area contributed by atoms with Crippen LogP contribution in [0.4, 0.5) is 11.4 Å². The van der Waals surface area contributed by atoms with E-state index in [4.69, 9.17) is 9.47 Å². The molecule has 0 aliphatic carbocycles. The lowest BCUT2D eigenvalue weighted by Crippen LogP contribution is -2.37. The SMILES string of the molecule is CCC(=CC1Oc2ccc(-c3ccccc3)cc2N1CCS(=O)(=O)O)C=C1Oc2ccc(-c3ccccc3)cc2N1CCS(=O)[O-]. The molecule has 2 aliphatic heterocycles. The lowest BCUT2D eigenvalue weighted by molar-refractivity contribution is 0.273. The molecule has 2 aliphatic rings. The van der Waals surface area contributed by atoms with Gasteiger partial charge in [-0.2, -0.15) is 8.42 Å². The zero-order chi connectivity index (χ0) is 32.3. The van der Waals surface area contributed by atoms with Gasteiger partial charge in [-0.15, -0.1) is 0 Å². The van der Waals surface area contributed by atoms with Crippen molar-refractivity contribution in [1.82, 2.24) is 0 Å². The van der Waals surface area contributed by atoms with Gasteiger partial charge in [-0.1, -0.05) is 90.8 Å². The van der Waals surface area contributed by atoms with Crippen molar-refractivity contribution >= 4 is 32.6 Å². The summed E-state index contributed by atoms with van der Waals surface area (Å²) in [6.07, 6.45) is 3.67. The fourth-order valence-corrected chi connectivity index (χ4v) is 6.35. The Morgan fingerprint density at radius 2 is 1.48 bits per heavy atom. The summed E-state index contributed by atoms with van der Waals surface area (Å²) in [5, 5.41) is 0. The van der Waals surface area contributed by atoms with E-state index < -0.39 is 33.2 Å². The number of rotatable bonds is 11. The van der Waals surface area contributed by atoms with Gasteiger partial charge in [0.15, 0.2) is 12.0 Å². The highest BCUT2D eigenvalue weighted by Crippen LogP contribution is 2.43. The summed E-state index contributed by atoms with van der Waals surface area (Å²) >= 11 is -2.25. The van der Waals surface area contributed by atoms with Gasteiger partial charge in [0.25, 0.3) is 10.1 Å². The van der Waals surface area contributed by atoms with Crippen molar-refractivity contribution in [2.75, 3.05) is 34.4 Å². The van der Waals surface area contributed by atoms with E-state index in [2.05, 4.69) is 0 Å². The second-order valence-electron chi connectivity index (χ2n) is 10.9. The normalized spacial score (nSPS) is 17.4. The van der Waals surface area contributed by atoms with Gasteiger partial charge in [0.1, 0.15) is 5.75 Å². The van der Waals surface area contributed by atoms with Crippen molar-refractivity contribution in [3.8, 4) is 33.8 Å². The number of allylic oxidation sites excluding steroid dienone is 2. The molecule has 4 aromatic rings. The first-order chi connectivity index (χ1) is 22.2. The molecule has 11 heteroatoms. The topological polar surface area (TPSA) is 119 Å². The Balaban J connectivity index is 1.34. The van der Waals surface area contributed by atoms with Gasteiger partial charge in [0, 0.05) is 24.9 Å². The molecule has 1 N–H and O–H groups in total. The molecule has 2 heterocycles. The molecule has 0 spiro atoms. The molecule has 0 fully saturated rings. The molecule has 0 radical (unpaired) electrons. The first-order valence-electron chi connectivity index (χ1n) is 14.9. The molecule has 2 atom stereocenters. The molecule has 0 saturated heterocycles. The smallest absolute Gasteiger partial charge is 0.266 e. The number of hydrogen-bond donors (Lipinski definition) is 1. The van der Waals surface area contributed by atoms with Crippen molar-refractivity contribution in [2.24, 2.45) is 0 Å². The minimum absolute atomic E-state index is 0.00442.